The van der Waals surface area contributed by atoms with E-state index in [2.05, 4.69) is 12.1 Å². The third-order valence-corrected chi connectivity index (χ3v) is 8.01. The highest BCUT2D eigenvalue weighted by Crippen LogP contribution is 2.30. The molecule has 9 heteroatoms. The Labute approximate surface area is 188 Å². The molecule has 0 N–H and O–H groups in total. The van der Waals surface area contributed by atoms with Crippen LogP contribution in [0.15, 0.2) is 53.6 Å². The van der Waals surface area contributed by atoms with Crippen molar-refractivity contribution in [3.05, 3.63) is 59.9 Å². The first kappa shape index (κ1) is 22.3. The van der Waals surface area contributed by atoms with Gasteiger partial charge in [0.15, 0.2) is 0 Å². The second kappa shape index (κ2) is 8.91. The van der Waals surface area contributed by atoms with Crippen LogP contribution in [0.5, 0.6) is 0 Å². The van der Waals surface area contributed by atoms with Crippen molar-refractivity contribution < 1.29 is 22.7 Å². The second-order valence-corrected chi connectivity index (χ2v) is 9.96. The molecule has 32 heavy (non-hydrogen) atoms. The summed E-state index contributed by atoms with van der Waals surface area (Å²) >= 11 is 0. The number of hydrogen-bond donors (Lipinski definition) is 0. The van der Waals surface area contributed by atoms with Crippen molar-refractivity contribution in [1.82, 2.24) is 13.8 Å². The van der Waals surface area contributed by atoms with Crippen LogP contribution in [0, 0.1) is 0 Å². The number of carbonyl (C=O) groups is 2. The standard InChI is InChI=1S/C23H27N3O5S/c1-24-16-19(15-21(24)23(28)31-2)32(29,30)26-12-6-9-20(26)22(27)25-13-10-18(11-14-25)17-7-4-3-5-8-17/h3-5,7-8,10,15-16,20H,6,9,11-14H2,1-2H3. The fraction of sp³-hybridized carbons (Fsp3) is 0.391. The average Bonchev–Trinajstić information content (AvgIpc) is 3.47. The first-order valence-electron chi connectivity index (χ1n) is 10.6. The minimum Gasteiger partial charge on any atom is -0.464 e. The van der Waals surface area contributed by atoms with E-state index >= 15 is 0 Å². The molecule has 1 atom stereocenters. The summed E-state index contributed by atoms with van der Waals surface area (Å²) in [7, 11) is -1.10. The summed E-state index contributed by atoms with van der Waals surface area (Å²) < 4.78 is 34.1. The topological polar surface area (TPSA) is 88.9 Å². The number of esters is 1. The predicted octanol–water partition coefficient (Wildman–Crippen LogP) is 2.28. The zero-order valence-electron chi connectivity index (χ0n) is 18.2. The molecule has 0 bridgehead atoms. The summed E-state index contributed by atoms with van der Waals surface area (Å²) in [6, 6.07) is 10.6. The van der Waals surface area contributed by atoms with Crippen LogP contribution in [0.2, 0.25) is 0 Å². The number of aryl methyl sites for hydroxylation is 1. The molecule has 1 aromatic heterocycles. The molecule has 3 heterocycles. The molecule has 4 rings (SSSR count). The van der Waals surface area contributed by atoms with Gasteiger partial charge in [0.1, 0.15) is 16.6 Å². The molecule has 8 nitrogen and oxygen atoms in total. The number of methoxy groups -OCH3 is 1. The Bertz CT molecular complexity index is 1150. The van der Waals surface area contributed by atoms with Crippen molar-refractivity contribution in [3.8, 4) is 0 Å². The van der Waals surface area contributed by atoms with Crippen LogP contribution < -0.4 is 0 Å². The van der Waals surface area contributed by atoms with E-state index in [1.54, 1.807) is 11.9 Å². The first-order valence-corrected chi connectivity index (χ1v) is 12.1. The number of ether oxygens (including phenoxy) is 1. The Morgan fingerprint density at radius 1 is 1.12 bits per heavy atom. The van der Waals surface area contributed by atoms with Crippen molar-refractivity contribution in [2.24, 2.45) is 7.05 Å². The molecule has 0 spiro atoms. The highest BCUT2D eigenvalue weighted by molar-refractivity contribution is 7.89. The molecule has 0 radical (unpaired) electrons. The van der Waals surface area contributed by atoms with E-state index < -0.39 is 22.0 Å². The molecule has 0 aliphatic carbocycles. The fourth-order valence-electron chi connectivity index (χ4n) is 4.39. The summed E-state index contributed by atoms with van der Waals surface area (Å²) in [5, 5.41) is 0. The Hall–Kier alpha value is -2.91. The quantitative estimate of drug-likeness (QED) is 0.643. The van der Waals surface area contributed by atoms with Crippen LogP contribution in [0.1, 0.15) is 35.3 Å². The molecule has 2 aliphatic heterocycles. The molecule has 170 valence electrons. The average molecular weight is 458 g/mol. The summed E-state index contributed by atoms with van der Waals surface area (Å²) in [6.07, 6.45) is 5.27. The molecule has 1 aromatic carbocycles. The number of carbonyl (C=O) groups excluding carboxylic acids is 2. The van der Waals surface area contributed by atoms with Gasteiger partial charge in [-0.15, -0.1) is 0 Å². The molecule has 1 unspecified atom stereocenters. The summed E-state index contributed by atoms with van der Waals surface area (Å²) in [5.74, 6) is -0.782. The van der Waals surface area contributed by atoms with E-state index in [4.69, 9.17) is 4.74 Å². The number of benzene rings is 1. The Morgan fingerprint density at radius 2 is 1.88 bits per heavy atom. The van der Waals surface area contributed by atoms with Crippen molar-refractivity contribution in [1.29, 1.82) is 0 Å². The number of nitrogens with zero attached hydrogens (tertiary/aromatic N) is 3. The highest BCUT2D eigenvalue weighted by atomic mass is 32.2. The normalized spacial score (nSPS) is 19.6. The van der Waals surface area contributed by atoms with Crippen molar-refractivity contribution in [3.63, 3.8) is 0 Å². The molecular formula is C23H27N3O5S. The molecule has 2 aromatic rings. The van der Waals surface area contributed by atoms with Gasteiger partial charge >= 0.3 is 5.97 Å². The number of hydrogen-bond acceptors (Lipinski definition) is 5. The van der Waals surface area contributed by atoms with Gasteiger partial charge in [-0.3, -0.25) is 4.79 Å². The summed E-state index contributed by atoms with van der Waals surface area (Å²) in [4.78, 5) is 26.9. The van der Waals surface area contributed by atoms with Crippen molar-refractivity contribution in [2.75, 3.05) is 26.7 Å². The Balaban J connectivity index is 1.52. The molecule has 1 fully saturated rings. The predicted molar refractivity (Wildman–Crippen MR) is 119 cm³/mol. The van der Waals surface area contributed by atoms with Gasteiger partial charge in [0.2, 0.25) is 15.9 Å². The van der Waals surface area contributed by atoms with E-state index in [1.165, 1.54) is 33.8 Å². The lowest BCUT2D eigenvalue weighted by Crippen LogP contribution is -2.48. The van der Waals surface area contributed by atoms with E-state index in [0.717, 1.165) is 12.0 Å². The van der Waals surface area contributed by atoms with Crippen LogP contribution in [0.3, 0.4) is 0 Å². The number of aromatic nitrogens is 1. The lowest BCUT2D eigenvalue weighted by molar-refractivity contribution is -0.134. The van der Waals surface area contributed by atoms with E-state index in [1.807, 2.05) is 24.3 Å². The van der Waals surface area contributed by atoms with Crippen molar-refractivity contribution in [2.45, 2.75) is 30.2 Å². The second-order valence-electron chi connectivity index (χ2n) is 8.07. The largest absolute Gasteiger partial charge is 0.464 e. The molecule has 1 saturated heterocycles. The van der Waals surface area contributed by atoms with Crippen LogP contribution in [0.4, 0.5) is 0 Å². The van der Waals surface area contributed by atoms with Gasteiger partial charge in [0, 0.05) is 32.9 Å². The van der Waals surface area contributed by atoms with E-state index in [0.29, 0.717) is 25.9 Å². The lowest BCUT2D eigenvalue weighted by Gasteiger charge is -2.31. The monoisotopic (exact) mass is 457 g/mol. The maximum absolute atomic E-state index is 13.3. The van der Waals surface area contributed by atoms with Crippen LogP contribution >= 0.6 is 0 Å². The van der Waals surface area contributed by atoms with Crippen LogP contribution in [-0.2, 0) is 26.6 Å². The summed E-state index contributed by atoms with van der Waals surface area (Å²) in [6.45, 7) is 1.30. The zero-order chi connectivity index (χ0) is 22.9. The maximum atomic E-state index is 13.3. The lowest BCUT2D eigenvalue weighted by atomic mass is 9.99. The van der Waals surface area contributed by atoms with Gasteiger partial charge < -0.3 is 14.2 Å². The van der Waals surface area contributed by atoms with Crippen LogP contribution in [-0.4, -0.2) is 66.9 Å². The van der Waals surface area contributed by atoms with Gasteiger partial charge in [0.05, 0.1) is 7.11 Å². The molecular weight excluding hydrogens is 430 g/mol. The minimum atomic E-state index is -3.93. The van der Waals surface area contributed by atoms with E-state index in [-0.39, 0.29) is 23.0 Å². The fourth-order valence-corrected chi connectivity index (χ4v) is 6.11. The van der Waals surface area contributed by atoms with E-state index in [9.17, 15) is 18.0 Å². The number of sulfonamides is 1. The Kier molecular flexibility index (Phi) is 6.21. The van der Waals surface area contributed by atoms with Crippen LogP contribution in [0.25, 0.3) is 5.57 Å². The third kappa shape index (κ3) is 4.10. The zero-order valence-corrected chi connectivity index (χ0v) is 19.0. The maximum Gasteiger partial charge on any atom is 0.354 e. The van der Waals surface area contributed by atoms with Gasteiger partial charge in [0.25, 0.3) is 0 Å². The van der Waals surface area contributed by atoms with Gasteiger partial charge in [-0.25, -0.2) is 13.2 Å². The smallest absolute Gasteiger partial charge is 0.354 e. The van der Waals surface area contributed by atoms with Gasteiger partial charge in [-0.05, 0) is 36.5 Å². The molecule has 2 aliphatic rings. The van der Waals surface area contributed by atoms with Crippen molar-refractivity contribution >= 4 is 27.5 Å². The summed E-state index contributed by atoms with van der Waals surface area (Å²) in [5.41, 5.74) is 2.49. The first-order chi connectivity index (χ1) is 15.3. The SMILES string of the molecule is COC(=O)c1cc(S(=O)(=O)N2CCCC2C(=O)N2CC=C(c3ccccc3)CC2)cn1C. The minimum absolute atomic E-state index is 0.00926. The highest BCUT2D eigenvalue weighted by Gasteiger charge is 2.42. The van der Waals surface area contributed by atoms with Gasteiger partial charge in [-0.1, -0.05) is 36.4 Å². The van der Waals surface area contributed by atoms with Gasteiger partial charge in [-0.2, -0.15) is 4.31 Å². The number of amides is 1. The number of rotatable bonds is 5. The third-order valence-electron chi connectivity index (χ3n) is 6.14. The molecule has 0 saturated carbocycles. The molecule has 1 amide bonds. The Morgan fingerprint density at radius 3 is 2.53 bits per heavy atom.